The van der Waals surface area contributed by atoms with Crippen LogP contribution in [-0.2, 0) is 14.3 Å². The first-order valence-corrected chi connectivity index (χ1v) is 12.3. The quantitative estimate of drug-likeness (QED) is 0.373. The Labute approximate surface area is 209 Å². The van der Waals surface area contributed by atoms with E-state index in [-0.39, 0.29) is 17.7 Å². The van der Waals surface area contributed by atoms with Gasteiger partial charge >= 0.3 is 6.09 Å². The molecule has 0 saturated heterocycles. The molecule has 0 bridgehead atoms. The highest BCUT2D eigenvalue weighted by Gasteiger charge is 2.38. The number of phenols is 1. The van der Waals surface area contributed by atoms with Gasteiger partial charge in [0, 0.05) is 12.1 Å². The van der Waals surface area contributed by atoms with Gasteiger partial charge in [0.15, 0.2) is 0 Å². The second-order valence-electron chi connectivity index (χ2n) is 10.0. The molecule has 0 saturated carbocycles. The summed E-state index contributed by atoms with van der Waals surface area (Å²) >= 11 is 0. The lowest BCUT2D eigenvalue weighted by molar-refractivity contribution is -0.146. The first-order chi connectivity index (χ1) is 16.2. The third-order valence-corrected chi connectivity index (χ3v) is 5.67. The number of alkyl carbamates (subject to hydrolysis) is 1. The summed E-state index contributed by atoms with van der Waals surface area (Å²) in [5, 5.41) is 25.4. The summed E-state index contributed by atoms with van der Waals surface area (Å²) in [5.74, 6) is -0.908. The van der Waals surface area contributed by atoms with Crippen molar-refractivity contribution in [2.24, 2.45) is 0 Å². The third-order valence-electron chi connectivity index (χ3n) is 5.67. The summed E-state index contributed by atoms with van der Waals surface area (Å²) in [5.41, 5.74) is 0.290. The molecule has 0 heterocycles. The summed E-state index contributed by atoms with van der Waals surface area (Å²) in [4.78, 5) is 41.0. The Morgan fingerprint density at radius 3 is 2.23 bits per heavy atom. The average molecular weight is 494 g/mol. The standard InChI is InChI=1S/C26H43N3O6/c1-9-11-17(4)27-23(32)22(19-12-13-21(31)16(3)14-19)29(18(5)10-2)24(33)20(15-30)28-25(34)35-26(6,7)8/h12-14,17-18,20,22,30-31H,9-11,15H2,1-8H3,(H,27,32)(H,28,34). The van der Waals surface area contributed by atoms with E-state index in [0.717, 1.165) is 12.8 Å². The monoisotopic (exact) mass is 493 g/mol. The largest absolute Gasteiger partial charge is 0.508 e. The molecule has 0 spiro atoms. The molecule has 9 heteroatoms. The minimum atomic E-state index is -1.31. The van der Waals surface area contributed by atoms with E-state index in [4.69, 9.17) is 4.74 Å². The smallest absolute Gasteiger partial charge is 0.408 e. The number of phenolic OH excluding ortho intramolecular Hbond substituents is 1. The fourth-order valence-corrected chi connectivity index (χ4v) is 3.72. The van der Waals surface area contributed by atoms with Crippen molar-refractivity contribution in [3.63, 3.8) is 0 Å². The van der Waals surface area contributed by atoms with E-state index in [2.05, 4.69) is 10.6 Å². The minimum absolute atomic E-state index is 0.0773. The summed E-state index contributed by atoms with van der Waals surface area (Å²) in [6.45, 7) is 13.7. The summed E-state index contributed by atoms with van der Waals surface area (Å²) in [6, 6.07) is 1.91. The van der Waals surface area contributed by atoms with E-state index in [1.807, 2.05) is 27.7 Å². The highest BCUT2D eigenvalue weighted by Crippen LogP contribution is 2.29. The molecule has 9 nitrogen and oxygen atoms in total. The number of benzene rings is 1. The number of hydrogen-bond acceptors (Lipinski definition) is 6. The number of hydrogen-bond donors (Lipinski definition) is 4. The van der Waals surface area contributed by atoms with Crippen LogP contribution in [0, 0.1) is 6.92 Å². The van der Waals surface area contributed by atoms with Crippen LogP contribution in [0.1, 0.15) is 84.9 Å². The maximum absolute atomic E-state index is 13.7. The van der Waals surface area contributed by atoms with Crippen LogP contribution in [-0.4, -0.2) is 63.4 Å². The fourth-order valence-electron chi connectivity index (χ4n) is 3.72. The zero-order chi connectivity index (χ0) is 26.9. The van der Waals surface area contributed by atoms with E-state index in [0.29, 0.717) is 17.5 Å². The Morgan fingerprint density at radius 2 is 1.74 bits per heavy atom. The van der Waals surface area contributed by atoms with E-state index >= 15 is 0 Å². The summed E-state index contributed by atoms with van der Waals surface area (Å²) in [7, 11) is 0. The lowest BCUT2D eigenvalue weighted by Crippen LogP contribution is -2.57. The second kappa shape index (κ2) is 13.3. The lowest BCUT2D eigenvalue weighted by Gasteiger charge is -2.38. The Morgan fingerprint density at radius 1 is 1.11 bits per heavy atom. The Bertz CT molecular complexity index is 867. The van der Waals surface area contributed by atoms with Gasteiger partial charge in [-0.1, -0.05) is 26.3 Å². The topological polar surface area (TPSA) is 128 Å². The molecule has 0 fully saturated rings. The van der Waals surface area contributed by atoms with Gasteiger partial charge in [0.05, 0.1) is 6.61 Å². The number of amides is 3. The number of aromatic hydroxyl groups is 1. The Balaban J connectivity index is 3.48. The Kier molecular flexibility index (Phi) is 11.5. The zero-order valence-electron chi connectivity index (χ0n) is 22.3. The van der Waals surface area contributed by atoms with Crippen LogP contribution in [0.3, 0.4) is 0 Å². The number of ether oxygens (including phenoxy) is 1. The fraction of sp³-hybridized carbons (Fsp3) is 0.654. The van der Waals surface area contributed by atoms with E-state index in [1.54, 1.807) is 39.8 Å². The molecule has 198 valence electrons. The third kappa shape index (κ3) is 9.05. The predicted molar refractivity (Wildman–Crippen MR) is 135 cm³/mol. The molecule has 0 aromatic heterocycles. The van der Waals surface area contributed by atoms with Crippen molar-refractivity contribution in [1.82, 2.24) is 15.5 Å². The van der Waals surface area contributed by atoms with Crippen LogP contribution in [0.2, 0.25) is 0 Å². The lowest BCUT2D eigenvalue weighted by atomic mass is 9.97. The van der Waals surface area contributed by atoms with Gasteiger partial charge in [0.1, 0.15) is 23.4 Å². The van der Waals surface area contributed by atoms with Crippen molar-refractivity contribution in [2.45, 2.75) is 104 Å². The molecule has 0 aliphatic heterocycles. The highest BCUT2D eigenvalue weighted by atomic mass is 16.6. The Hall–Kier alpha value is -2.81. The molecule has 4 unspecified atom stereocenters. The van der Waals surface area contributed by atoms with Crippen LogP contribution in [0.25, 0.3) is 0 Å². The highest BCUT2D eigenvalue weighted by molar-refractivity contribution is 5.92. The van der Waals surface area contributed by atoms with Crippen LogP contribution in [0.4, 0.5) is 4.79 Å². The number of nitrogens with one attached hydrogen (secondary N) is 2. The number of aliphatic hydroxyl groups is 1. The maximum Gasteiger partial charge on any atom is 0.408 e. The van der Waals surface area contributed by atoms with Crippen LogP contribution in [0.15, 0.2) is 18.2 Å². The van der Waals surface area contributed by atoms with Crippen molar-refractivity contribution >= 4 is 17.9 Å². The summed E-state index contributed by atoms with van der Waals surface area (Å²) < 4.78 is 5.25. The molecule has 3 amide bonds. The van der Waals surface area contributed by atoms with Crippen LogP contribution in [0.5, 0.6) is 5.75 Å². The summed E-state index contributed by atoms with van der Waals surface area (Å²) in [6.07, 6.45) is 1.34. The van der Waals surface area contributed by atoms with Crippen LogP contribution >= 0.6 is 0 Å². The second-order valence-corrected chi connectivity index (χ2v) is 10.0. The van der Waals surface area contributed by atoms with E-state index < -0.39 is 42.3 Å². The molecule has 0 radical (unpaired) electrons. The number of carbonyl (C=O) groups excluding carboxylic acids is 3. The van der Waals surface area contributed by atoms with Gasteiger partial charge in [0.2, 0.25) is 11.8 Å². The molecule has 1 aromatic carbocycles. The maximum atomic E-state index is 13.7. The molecule has 1 rings (SSSR count). The minimum Gasteiger partial charge on any atom is -0.508 e. The first-order valence-electron chi connectivity index (χ1n) is 12.3. The van der Waals surface area contributed by atoms with Crippen molar-refractivity contribution in [3.8, 4) is 5.75 Å². The number of aryl methyl sites for hydroxylation is 1. The molecular weight excluding hydrogens is 450 g/mol. The van der Waals surface area contributed by atoms with Crippen LogP contribution < -0.4 is 10.6 Å². The molecule has 0 aliphatic rings. The van der Waals surface area contributed by atoms with Crippen molar-refractivity contribution in [3.05, 3.63) is 29.3 Å². The van der Waals surface area contributed by atoms with Crippen molar-refractivity contribution < 1.29 is 29.3 Å². The first kappa shape index (κ1) is 30.2. The molecule has 0 aliphatic carbocycles. The number of nitrogens with zero attached hydrogens (tertiary/aromatic N) is 1. The average Bonchev–Trinajstić information content (AvgIpc) is 2.75. The molecule has 4 N–H and O–H groups in total. The number of aliphatic hydroxyl groups excluding tert-OH is 1. The van der Waals surface area contributed by atoms with Gasteiger partial charge in [-0.25, -0.2) is 4.79 Å². The van der Waals surface area contributed by atoms with Crippen molar-refractivity contribution in [1.29, 1.82) is 0 Å². The van der Waals surface area contributed by atoms with Gasteiger partial charge in [-0.2, -0.15) is 0 Å². The van der Waals surface area contributed by atoms with Gasteiger partial charge in [0.25, 0.3) is 0 Å². The van der Waals surface area contributed by atoms with Crippen molar-refractivity contribution in [2.75, 3.05) is 6.61 Å². The zero-order valence-corrected chi connectivity index (χ0v) is 22.3. The molecular formula is C26H43N3O6. The van der Waals surface area contributed by atoms with Gasteiger partial charge in [-0.05, 0) is 77.6 Å². The number of rotatable bonds is 11. The van der Waals surface area contributed by atoms with E-state index in [9.17, 15) is 24.6 Å². The van der Waals surface area contributed by atoms with Gasteiger partial charge in [-0.3, -0.25) is 9.59 Å². The van der Waals surface area contributed by atoms with Gasteiger partial charge in [-0.15, -0.1) is 0 Å². The van der Waals surface area contributed by atoms with Gasteiger partial charge < -0.3 is 30.5 Å². The normalized spacial score (nSPS) is 14.9. The number of carbonyl (C=O) groups is 3. The van der Waals surface area contributed by atoms with E-state index in [1.165, 1.54) is 11.0 Å². The molecule has 1 aromatic rings. The molecule has 35 heavy (non-hydrogen) atoms. The SMILES string of the molecule is CCCC(C)NC(=O)C(c1ccc(O)c(C)c1)N(C(=O)C(CO)NC(=O)OC(C)(C)C)C(C)CC. The molecule has 4 atom stereocenters. The predicted octanol–water partition coefficient (Wildman–Crippen LogP) is 3.56.